The van der Waals surface area contributed by atoms with Crippen LogP contribution < -0.4 is 11.1 Å². The fraction of sp³-hybridized carbons (Fsp3) is 0.735. The van der Waals surface area contributed by atoms with Gasteiger partial charge in [0, 0.05) is 22.7 Å². The largest absolute Gasteiger partial charge is 0.382 e. The number of nitrogen functional groups attached to an aromatic ring is 1. The van der Waals surface area contributed by atoms with Crippen LogP contribution in [0, 0.1) is 49.5 Å². The summed E-state index contributed by atoms with van der Waals surface area (Å²) < 4.78 is 0.605. The molecule has 7 nitrogen and oxygen atoms in total. The van der Waals surface area contributed by atoms with Gasteiger partial charge in [-0.3, -0.25) is 20.1 Å². The summed E-state index contributed by atoms with van der Waals surface area (Å²) in [4.78, 5) is 14.3. The first-order valence-corrected chi connectivity index (χ1v) is 16.6. The lowest BCUT2D eigenvalue weighted by atomic mass is 9.33. The number of carbonyl (C=O) groups is 1. The monoisotopic (exact) mass is 590 g/mol. The van der Waals surface area contributed by atoms with Crippen LogP contribution in [0.25, 0.3) is 0 Å². The van der Waals surface area contributed by atoms with Gasteiger partial charge in [-0.2, -0.15) is 5.10 Å². The Morgan fingerprint density at radius 3 is 2.48 bits per heavy atom. The van der Waals surface area contributed by atoms with Crippen molar-refractivity contribution in [2.45, 2.75) is 112 Å². The molecule has 2 aromatic rings. The summed E-state index contributed by atoms with van der Waals surface area (Å²) in [5, 5.41) is 17.1. The van der Waals surface area contributed by atoms with E-state index in [1.807, 2.05) is 6.07 Å². The molecule has 1 amide bonds. The van der Waals surface area contributed by atoms with Gasteiger partial charge >= 0.3 is 0 Å². The Bertz CT molecular complexity index is 1540. The van der Waals surface area contributed by atoms with Gasteiger partial charge in [-0.05, 0) is 97.2 Å². The lowest BCUT2D eigenvalue weighted by molar-refractivity contribution is -0.165. The van der Waals surface area contributed by atoms with Gasteiger partial charge in [0.25, 0.3) is 0 Å². The van der Waals surface area contributed by atoms with E-state index in [-0.39, 0.29) is 44.3 Å². The number of anilines is 2. The van der Waals surface area contributed by atoms with E-state index in [0.29, 0.717) is 28.1 Å². The third kappa shape index (κ3) is 3.53. The van der Waals surface area contributed by atoms with Gasteiger partial charge in [-0.25, -0.2) is 0 Å². The normalized spacial score (nSPS) is 41.3. The molecular formula is C34H50N6OS. The number of hydrogen-bond acceptors (Lipinski definition) is 4. The number of nitrogens with two attached hydrogens (primary N) is 1. The summed E-state index contributed by atoms with van der Waals surface area (Å²) in [5.41, 5.74) is 10.8. The van der Waals surface area contributed by atoms with Crippen molar-refractivity contribution in [3.8, 4) is 0 Å². The van der Waals surface area contributed by atoms with E-state index in [0.717, 1.165) is 44.9 Å². The summed E-state index contributed by atoms with van der Waals surface area (Å²) >= 11 is 5.27. The molecule has 6 N–H and O–H groups in total. The predicted octanol–water partition coefficient (Wildman–Crippen LogP) is 7.83. The van der Waals surface area contributed by atoms with Crippen molar-refractivity contribution in [2.24, 2.45) is 44.8 Å². The zero-order valence-corrected chi connectivity index (χ0v) is 27.4. The topological polar surface area (TPSA) is 115 Å². The third-order valence-electron chi connectivity index (χ3n) is 14.2. The van der Waals surface area contributed by atoms with Crippen molar-refractivity contribution < 1.29 is 4.79 Å². The van der Waals surface area contributed by atoms with Gasteiger partial charge < -0.3 is 11.1 Å². The summed E-state index contributed by atoms with van der Waals surface area (Å²) in [5.74, 6) is 2.90. The molecule has 228 valence electrons. The molecule has 0 aromatic carbocycles. The Labute approximate surface area is 255 Å². The number of hydrogen-bond donors (Lipinski definition) is 5. The smallest absolute Gasteiger partial charge is 0.232 e. The van der Waals surface area contributed by atoms with Crippen LogP contribution in [0.15, 0.2) is 17.7 Å². The van der Waals surface area contributed by atoms with E-state index in [2.05, 4.69) is 80.3 Å². The van der Waals surface area contributed by atoms with E-state index >= 15 is 0 Å². The summed E-state index contributed by atoms with van der Waals surface area (Å²) in [7, 11) is 0. The fourth-order valence-corrected chi connectivity index (χ4v) is 11.9. The number of rotatable bonds is 2. The first-order chi connectivity index (χ1) is 19.6. The molecule has 0 radical (unpaired) electrons. The van der Waals surface area contributed by atoms with Crippen molar-refractivity contribution in [3.63, 3.8) is 0 Å². The predicted molar refractivity (Wildman–Crippen MR) is 170 cm³/mol. The average molecular weight is 591 g/mol. The molecule has 0 saturated heterocycles. The SMILES string of the molecule is CC1(C)CC[C@]2(C(=O)Nc3cc(=S)[nH][nH]3)CC[C@]3(C)C(=CCC4[C@@]5(C)Cc6c(N)n[nH]c6C(C)(C)C5CC[C@]43C)C2C1. The Hall–Kier alpha value is -2.35. The summed E-state index contributed by atoms with van der Waals surface area (Å²) in [6.07, 6.45) is 12.2. The van der Waals surface area contributed by atoms with Crippen LogP contribution in [0.4, 0.5) is 11.6 Å². The maximum Gasteiger partial charge on any atom is 0.232 e. The van der Waals surface area contributed by atoms with Crippen LogP contribution in [-0.2, 0) is 16.6 Å². The van der Waals surface area contributed by atoms with E-state index in [1.54, 1.807) is 5.57 Å². The first kappa shape index (κ1) is 28.4. The molecule has 42 heavy (non-hydrogen) atoms. The molecular weight excluding hydrogens is 540 g/mol. The number of nitrogens with one attached hydrogen (secondary N) is 4. The van der Waals surface area contributed by atoms with Crippen LogP contribution in [0.2, 0.25) is 0 Å². The van der Waals surface area contributed by atoms with E-state index in [9.17, 15) is 4.79 Å². The van der Waals surface area contributed by atoms with Crippen molar-refractivity contribution in [1.82, 2.24) is 20.4 Å². The van der Waals surface area contributed by atoms with E-state index in [4.69, 9.17) is 18.0 Å². The minimum absolute atomic E-state index is 0.00646. The van der Waals surface area contributed by atoms with Crippen LogP contribution in [-0.4, -0.2) is 26.3 Å². The molecule has 8 heteroatoms. The van der Waals surface area contributed by atoms with Gasteiger partial charge in [0.1, 0.15) is 16.3 Å². The van der Waals surface area contributed by atoms with Gasteiger partial charge in [0.05, 0.1) is 5.41 Å². The number of aromatic amines is 3. The Morgan fingerprint density at radius 1 is 1.02 bits per heavy atom. The standard InChI is InChI=1S/C34H50N6OS/c1-29(2)12-14-34(28(41)36-24-16-25(42)38-37-24)15-13-32(6)20(21(34)18-29)8-9-23-31(5)17-19-26(39-40-27(19)35)30(3,4)22(31)10-11-33(23,32)7/h8,16,21-23H,9-15,17-18H2,1-7H3,(H3,35,39,40)(H3,36,37,38,41,42)/t21?,22?,23?,31-,32+,33+,34-/m0/s1. The number of aromatic nitrogens is 4. The molecule has 7 rings (SSSR count). The minimum atomic E-state index is -0.384. The molecule has 0 spiro atoms. The number of H-pyrrole nitrogens is 3. The van der Waals surface area contributed by atoms with Crippen LogP contribution in [0.3, 0.4) is 0 Å². The minimum Gasteiger partial charge on any atom is -0.382 e. The highest BCUT2D eigenvalue weighted by Gasteiger charge is 2.69. The lowest BCUT2D eigenvalue weighted by Crippen LogP contribution is -2.65. The molecule has 5 aliphatic rings. The first-order valence-electron chi connectivity index (χ1n) is 16.2. The molecule has 2 aromatic heterocycles. The van der Waals surface area contributed by atoms with Gasteiger partial charge in [-0.1, -0.05) is 72.3 Å². The van der Waals surface area contributed by atoms with Gasteiger partial charge in [0.15, 0.2) is 0 Å². The summed E-state index contributed by atoms with van der Waals surface area (Å²) in [6.45, 7) is 17.4. The molecule has 0 bridgehead atoms. The fourth-order valence-electron chi connectivity index (χ4n) is 11.7. The molecule has 3 saturated carbocycles. The number of carbonyl (C=O) groups excluding carboxylic acids is 1. The average Bonchev–Trinajstić information content (AvgIpc) is 3.48. The zero-order chi connectivity index (χ0) is 30.1. The van der Waals surface area contributed by atoms with E-state index < -0.39 is 0 Å². The second-order valence-electron chi connectivity index (χ2n) is 16.9. The molecule has 7 atom stereocenters. The number of allylic oxidation sites excluding steroid dienone is 2. The molecule has 2 heterocycles. The third-order valence-corrected chi connectivity index (χ3v) is 14.4. The number of nitrogens with zero attached hydrogens (tertiary/aromatic N) is 1. The van der Waals surface area contributed by atoms with E-state index in [1.165, 1.54) is 24.1 Å². The van der Waals surface area contributed by atoms with Crippen molar-refractivity contribution >= 4 is 29.8 Å². The quantitative estimate of drug-likeness (QED) is 0.181. The second kappa shape index (κ2) is 8.64. The molecule has 0 aliphatic heterocycles. The molecule has 3 fully saturated rings. The maximum atomic E-state index is 14.3. The van der Waals surface area contributed by atoms with Crippen LogP contribution in [0.1, 0.15) is 111 Å². The highest BCUT2D eigenvalue weighted by molar-refractivity contribution is 7.71. The lowest BCUT2D eigenvalue weighted by Gasteiger charge is -2.70. The highest BCUT2D eigenvalue weighted by atomic mass is 32.1. The van der Waals surface area contributed by atoms with Gasteiger partial charge in [-0.15, -0.1) is 0 Å². The van der Waals surface area contributed by atoms with Crippen LogP contribution in [0.5, 0.6) is 0 Å². The van der Waals surface area contributed by atoms with Gasteiger partial charge in [0.2, 0.25) is 5.91 Å². The van der Waals surface area contributed by atoms with Crippen LogP contribution >= 0.6 is 12.2 Å². The molecule has 5 aliphatic carbocycles. The summed E-state index contributed by atoms with van der Waals surface area (Å²) in [6, 6.07) is 1.81. The van der Waals surface area contributed by atoms with Crippen molar-refractivity contribution in [1.29, 1.82) is 0 Å². The highest BCUT2D eigenvalue weighted by Crippen LogP contribution is 2.75. The number of fused-ring (bicyclic) bond motifs is 8. The maximum absolute atomic E-state index is 14.3. The Balaban J connectivity index is 1.31. The Kier molecular flexibility index (Phi) is 5.84. The Morgan fingerprint density at radius 2 is 1.76 bits per heavy atom. The number of amides is 1. The zero-order valence-electron chi connectivity index (χ0n) is 26.6. The van der Waals surface area contributed by atoms with Crippen molar-refractivity contribution in [2.75, 3.05) is 11.1 Å². The second-order valence-corrected chi connectivity index (χ2v) is 17.3. The van der Waals surface area contributed by atoms with Crippen molar-refractivity contribution in [3.05, 3.63) is 33.6 Å². The molecule has 3 unspecified atom stereocenters.